The second kappa shape index (κ2) is 3.39. The van der Waals surface area contributed by atoms with Gasteiger partial charge in [0.05, 0.1) is 13.2 Å². The van der Waals surface area contributed by atoms with Crippen LogP contribution in [-0.2, 0) is 9.47 Å². The zero-order valence-electron chi connectivity index (χ0n) is 7.65. The van der Waals surface area contributed by atoms with E-state index in [2.05, 4.69) is 4.98 Å². The van der Waals surface area contributed by atoms with Crippen molar-refractivity contribution in [3.63, 3.8) is 0 Å². The molecule has 0 unspecified atom stereocenters. The van der Waals surface area contributed by atoms with Gasteiger partial charge in [-0.2, -0.15) is 0 Å². The Morgan fingerprint density at radius 1 is 1.43 bits per heavy atom. The summed E-state index contributed by atoms with van der Waals surface area (Å²) in [6.45, 7) is 2.52. The molecule has 6 heteroatoms. The molecule has 1 saturated heterocycles. The third kappa shape index (κ3) is 1.49. The molecule has 1 N–H and O–H groups in total. The Kier molecular flexibility index (Phi) is 2.22. The van der Waals surface area contributed by atoms with E-state index in [-0.39, 0.29) is 5.56 Å². The molecule has 0 amide bonds. The van der Waals surface area contributed by atoms with E-state index in [9.17, 15) is 9.59 Å². The fourth-order valence-electron chi connectivity index (χ4n) is 1.25. The first-order valence-electron chi connectivity index (χ1n) is 4.24. The standard InChI is InChI=1S/C8H10N2O4/c1-5-4-10(7(12)9-6(5)11)8-13-2-3-14-8/h4,8H,2-3H2,1H3,(H,9,11,12). The van der Waals surface area contributed by atoms with Crippen LogP contribution in [0.2, 0.25) is 0 Å². The van der Waals surface area contributed by atoms with Crippen molar-refractivity contribution in [1.82, 2.24) is 9.55 Å². The van der Waals surface area contributed by atoms with E-state index in [1.807, 2.05) is 0 Å². The van der Waals surface area contributed by atoms with Gasteiger partial charge in [0, 0.05) is 11.8 Å². The first kappa shape index (κ1) is 9.17. The third-order valence-electron chi connectivity index (χ3n) is 1.98. The Morgan fingerprint density at radius 3 is 2.71 bits per heavy atom. The monoisotopic (exact) mass is 198 g/mol. The van der Waals surface area contributed by atoms with Crippen molar-refractivity contribution in [3.8, 4) is 0 Å². The number of ether oxygens (including phenoxy) is 2. The Balaban J connectivity index is 2.47. The largest absolute Gasteiger partial charge is 0.332 e. The first-order chi connectivity index (χ1) is 6.68. The van der Waals surface area contributed by atoms with Gasteiger partial charge in [0.2, 0.25) is 6.41 Å². The SMILES string of the molecule is Cc1cn(C2OCCO2)c(=O)[nH]c1=O. The zero-order valence-corrected chi connectivity index (χ0v) is 7.65. The van der Waals surface area contributed by atoms with Crippen LogP contribution in [0.4, 0.5) is 0 Å². The average molecular weight is 198 g/mol. The Labute approximate surface area is 79.1 Å². The molecule has 0 aliphatic carbocycles. The van der Waals surface area contributed by atoms with E-state index in [4.69, 9.17) is 9.47 Å². The third-order valence-corrected chi connectivity index (χ3v) is 1.98. The summed E-state index contributed by atoms with van der Waals surface area (Å²) in [5.74, 6) is 0. The van der Waals surface area contributed by atoms with Gasteiger partial charge >= 0.3 is 5.69 Å². The van der Waals surface area contributed by atoms with Crippen LogP contribution in [0.1, 0.15) is 12.0 Å². The summed E-state index contributed by atoms with van der Waals surface area (Å²) in [7, 11) is 0. The lowest BCUT2D eigenvalue weighted by molar-refractivity contribution is -0.104. The maximum absolute atomic E-state index is 11.3. The summed E-state index contributed by atoms with van der Waals surface area (Å²) < 4.78 is 11.5. The summed E-state index contributed by atoms with van der Waals surface area (Å²) in [5.41, 5.74) is -0.458. The fourth-order valence-corrected chi connectivity index (χ4v) is 1.25. The van der Waals surface area contributed by atoms with Crippen molar-refractivity contribution in [2.45, 2.75) is 13.3 Å². The number of nitrogens with one attached hydrogen (secondary N) is 1. The molecule has 1 aromatic rings. The topological polar surface area (TPSA) is 73.3 Å². The Hall–Kier alpha value is -1.40. The van der Waals surface area contributed by atoms with E-state index in [1.165, 1.54) is 10.8 Å². The molecule has 1 aliphatic rings. The van der Waals surface area contributed by atoms with Gasteiger partial charge in [0.1, 0.15) is 0 Å². The number of H-pyrrole nitrogens is 1. The molecule has 2 heterocycles. The number of rotatable bonds is 1. The molecule has 1 aliphatic heterocycles. The van der Waals surface area contributed by atoms with Gasteiger partial charge in [-0.05, 0) is 6.92 Å². The van der Waals surface area contributed by atoms with Crippen LogP contribution in [0.25, 0.3) is 0 Å². The van der Waals surface area contributed by atoms with Gasteiger partial charge in [-0.25, -0.2) is 9.36 Å². The van der Waals surface area contributed by atoms with Gasteiger partial charge in [-0.1, -0.05) is 0 Å². The molecular formula is C8H10N2O4. The number of hydrogen-bond acceptors (Lipinski definition) is 4. The highest BCUT2D eigenvalue weighted by Gasteiger charge is 2.19. The zero-order chi connectivity index (χ0) is 10.1. The lowest BCUT2D eigenvalue weighted by Crippen LogP contribution is -2.33. The van der Waals surface area contributed by atoms with Gasteiger partial charge in [0.25, 0.3) is 5.56 Å². The number of aryl methyl sites for hydroxylation is 1. The van der Waals surface area contributed by atoms with Gasteiger partial charge in [-0.3, -0.25) is 9.78 Å². The predicted molar refractivity (Wildman–Crippen MR) is 47.0 cm³/mol. The molecule has 0 aromatic carbocycles. The lowest BCUT2D eigenvalue weighted by atomic mass is 10.4. The number of hydrogen-bond donors (Lipinski definition) is 1. The van der Waals surface area contributed by atoms with Crippen molar-refractivity contribution >= 4 is 0 Å². The minimum atomic E-state index is -0.710. The van der Waals surface area contributed by atoms with Crippen molar-refractivity contribution in [1.29, 1.82) is 0 Å². The molecular weight excluding hydrogens is 188 g/mol. The quantitative estimate of drug-likeness (QED) is 0.650. The number of aromatic amines is 1. The molecule has 0 saturated carbocycles. The summed E-state index contributed by atoms with van der Waals surface area (Å²) in [6, 6.07) is 0. The lowest BCUT2D eigenvalue weighted by Gasteiger charge is -2.11. The van der Waals surface area contributed by atoms with Crippen LogP contribution in [0.15, 0.2) is 15.8 Å². The number of aromatic nitrogens is 2. The van der Waals surface area contributed by atoms with Crippen molar-refractivity contribution in [2.24, 2.45) is 0 Å². The molecule has 0 atom stereocenters. The average Bonchev–Trinajstić information content (AvgIpc) is 2.64. The molecule has 0 radical (unpaired) electrons. The second-order valence-electron chi connectivity index (χ2n) is 3.03. The van der Waals surface area contributed by atoms with Crippen LogP contribution < -0.4 is 11.2 Å². The molecule has 76 valence electrons. The summed E-state index contributed by atoms with van der Waals surface area (Å²) in [6.07, 6.45) is 0.718. The van der Waals surface area contributed by atoms with E-state index in [1.54, 1.807) is 6.92 Å². The van der Waals surface area contributed by atoms with E-state index in [0.717, 1.165) is 0 Å². The highest BCUT2D eigenvalue weighted by molar-refractivity contribution is 5.00. The van der Waals surface area contributed by atoms with E-state index >= 15 is 0 Å². The molecule has 6 nitrogen and oxygen atoms in total. The summed E-state index contributed by atoms with van der Waals surface area (Å²) in [4.78, 5) is 24.6. The molecule has 2 rings (SSSR count). The highest BCUT2D eigenvalue weighted by atomic mass is 16.7. The Morgan fingerprint density at radius 2 is 2.07 bits per heavy atom. The van der Waals surface area contributed by atoms with Crippen LogP contribution in [0.5, 0.6) is 0 Å². The molecule has 1 fully saturated rings. The molecule has 14 heavy (non-hydrogen) atoms. The number of nitrogens with zero attached hydrogens (tertiary/aromatic N) is 1. The van der Waals surface area contributed by atoms with Gasteiger partial charge < -0.3 is 9.47 Å². The van der Waals surface area contributed by atoms with Crippen LogP contribution in [0.3, 0.4) is 0 Å². The van der Waals surface area contributed by atoms with Crippen LogP contribution in [-0.4, -0.2) is 22.8 Å². The van der Waals surface area contributed by atoms with Crippen molar-refractivity contribution in [3.05, 3.63) is 32.6 Å². The maximum atomic E-state index is 11.3. The smallest absolute Gasteiger partial charge is 0.332 e. The van der Waals surface area contributed by atoms with Gasteiger partial charge in [0.15, 0.2) is 0 Å². The normalized spacial score (nSPS) is 17.5. The van der Waals surface area contributed by atoms with Crippen molar-refractivity contribution < 1.29 is 9.47 Å². The molecule has 0 bridgehead atoms. The first-order valence-corrected chi connectivity index (χ1v) is 4.24. The maximum Gasteiger partial charge on any atom is 0.332 e. The van der Waals surface area contributed by atoms with Crippen LogP contribution >= 0.6 is 0 Å². The highest BCUT2D eigenvalue weighted by Crippen LogP contribution is 2.12. The minimum absolute atomic E-state index is 0.385. The molecule has 0 spiro atoms. The Bertz CT molecular complexity index is 441. The predicted octanol–water partition coefficient (Wildman–Crippen LogP) is -0.652. The fraction of sp³-hybridized carbons (Fsp3) is 0.500. The van der Waals surface area contributed by atoms with Crippen molar-refractivity contribution in [2.75, 3.05) is 13.2 Å². The van der Waals surface area contributed by atoms with E-state index < -0.39 is 12.1 Å². The van der Waals surface area contributed by atoms with Crippen LogP contribution in [0, 0.1) is 6.92 Å². The minimum Gasteiger partial charge on any atom is -0.332 e. The molecule has 1 aromatic heterocycles. The van der Waals surface area contributed by atoms with Gasteiger partial charge in [-0.15, -0.1) is 0 Å². The second-order valence-corrected chi connectivity index (χ2v) is 3.03. The summed E-state index contributed by atoms with van der Waals surface area (Å²) >= 11 is 0. The van der Waals surface area contributed by atoms with E-state index in [0.29, 0.717) is 18.8 Å². The summed E-state index contributed by atoms with van der Waals surface area (Å²) in [5, 5.41) is 0.